The topological polar surface area (TPSA) is 18.5 Å². The Kier molecular flexibility index (Phi) is 55.0. The third kappa shape index (κ3) is 48.9. The smallest absolute Gasteiger partial charge is 0.126 e. The predicted octanol–water partition coefficient (Wildman–Crippen LogP) is 21.5. The summed E-state index contributed by atoms with van der Waals surface area (Å²) in [4.78, 5) is 0. The standard InChI is InChI=1S/C58H117O2/c1-5-8-11-14-17-20-23-26-29-31-34-37-40-43-46-49-52-55-58(57(59-4)54-51-48-45-42-39-36-33-28-25-22-19-16-13-10-7-3)60-56-53-50-47-44-41-38-35-32-30-27-24-21-18-15-12-9-6-2/h57H,5-56H2,1-4H3. The third-order valence-electron chi connectivity index (χ3n) is 13.8. The van der Waals surface area contributed by atoms with Crippen molar-refractivity contribution in [3.8, 4) is 0 Å². The molecular formula is C58H117O2. The van der Waals surface area contributed by atoms with E-state index in [1.807, 2.05) is 7.11 Å². The van der Waals surface area contributed by atoms with Crippen molar-refractivity contribution in [2.45, 2.75) is 354 Å². The zero-order valence-corrected chi connectivity index (χ0v) is 42.7. The highest BCUT2D eigenvalue weighted by atomic mass is 16.5. The summed E-state index contributed by atoms with van der Waals surface area (Å²) in [5.74, 6) is 0. The molecule has 361 valence electrons. The first-order valence-corrected chi connectivity index (χ1v) is 28.8. The molecule has 2 nitrogen and oxygen atoms in total. The van der Waals surface area contributed by atoms with E-state index < -0.39 is 0 Å². The van der Waals surface area contributed by atoms with E-state index in [4.69, 9.17) is 9.47 Å². The van der Waals surface area contributed by atoms with E-state index in [1.54, 1.807) is 0 Å². The molecule has 2 heteroatoms. The first-order chi connectivity index (χ1) is 29.8. The maximum absolute atomic E-state index is 6.61. The Morgan fingerprint density at radius 1 is 0.267 bits per heavy atom. The zero-order valence-electron chi connectivity index (χ0n) is 42.7. The van der Waals surface area contributed by atoms with Gasteiger partial charge in [-0.2, -0.15) is 0 Å². The van der Waals surface area contributed by atoms with Crippen molar-refractivity contribution >= 4 is 0 Å². The van der Waals surface area contributed by atoms with Gasteiger partial charge in [0.2, 0.25) is 0 Å². The van der Waals surface area contributed by atoms with Gasteiger partial charge >= 0.3 is 0 Å². The third-order valence-corrected chi connectivity index (χ3v) is 13.8. The summed E-state index contributed by atoms with van der Waals surface area (Å²) >= 11 is 0. The molecule has 0 heterocycles. The summed E-state index contributed by atoms with van der Waals surface area (Å²) in [5, 5.41) is 0. The molecule has 60 heavy (non-hydrogen) atoms. The minimum atomic E-state index is 0.193. The molecule has 0 aromatic rings. The molecule has 0 N–H and O–H groups in total. The Labute approximate surface area is 382 Å². The van der Waals surface area contributed by atoms with Crippen LogP contribution in [0.5, 0.6) is 0 Å². The Morgan fingerprint density at radius 2 is 0.483 bits per heavy atom. The summed E-state index contributed by atoms with van der Waals surface area (Å²) in [6.45, 7) is 7.83. The number of rotatable bonds is 55. The van der Waals surface area contributed by atoms with E-state index in [0.717, 1.165) is 19.4 Å². The molecule has 0 aliphatic heterocycles. The Morgan fingerprint density at radius 3 is 0.733 bits per heavy atom. The van der Waals surface area contributed by atoms with Crippen LogP contribution in [0, 0.1) is 6.10 Å². The minimum Gasteiger partial charge on any atom is -0.378 e. The average molecular weight is 847 g/mol. The van der Waals surface area contributed by atoms with E-state index in [-0.39, 0.29) is 6.10 Å². The molecule has 0 aliphatic rings. The van der Waals surface area contributed by atoms with Gasteiger partial charge in [0.05, 0.1) is 6.10 Å². The lowest BCUT2D eigenvalue weighted by Crippen LogP contribution is -2.24. The van der Waals surface area contributed by atoms with E-state index in [9.17, 15) is 0 Å². The van der Waals surface area contributed by atoms with Crippen LogP contribution in [0.25, 0.3) is 0 Å². The maximum Gasteiger partial charge on any atom is 0.126 e. The molecule has 1 unspecified atom stereocenters. The molecule has 0 amide bonds. The molecule has 0 saturated heterocycles. The average Bonchev–Trinajstić information content (AvgIpc) is 3.26. The van der Waals surface area contributed by atoms with Crippen LogP contribution in [0.3, 0.4) is 0 Å². The number of hydrogen-bond acceptors (Lipinski definition) is 2. The van der Waals surface area contributed by atoms with Gasteiger partial charge in [-0.1, -0.05) is 329 Å². The summed E-state index contributed by atoms with van der Waals surface area (Å²) < 4.78 is 12.8. The minimum absolute atomic E-state index is 0.193. The molecule has 0 aromatic heterocycles. The quantitative estimate of drug-likeness (QED) is 0.0568. The highest BCUT2D eigenvalue weighted by Crippen LogP contribution is 2.26. The van der Waals surface area contributed by atoms with Crippen LogP contribution >= 0.6 is 0 Å². The van der Waals surface area contributed by atoms with Crippen LogP contribution in [-0.2, 0) is 9.47 Å². The first kappa shape index (κ1) is 59.9. The van der Waals surface area contributed by atoms with Gasteiger partial charge in [0.1, 0.15) is 6.10 Å². The van der Waals surface area contributed by atoms with E-state index >= 15 is 0 Å². The van der Waals surface area contributed by atoms with Crippen LogP contribution < -0.4 is 0 Å². The second-order valence-corrected chi connectivity index (χ2v) is 19.8. The molecule has 0 rings (SSSR count). The lowest BCUT2D eigenvalue weighted by atomic mass is 9.98. The van der Waals surface area contributed by atoms with Crippen molar-refractivity contribution in [2.75, 3.05) is 13.7 Å². The van der Waals surface area contributed by atoms with Gasteiger partial charge in [0.15, 0.2) is 0 Å². The van der Waals surface area contributed by atoms with Crippen molar-refractivity contribution < 1.29 is 9.47 Å². The van der Waals surface area contributed by atoms with Crippen LogP contribution in [0.1, 0.15) is 348 Å². The zero-order chi connectivity index (χ0) is 43.3. The van der Waals surface area contributed by atoms with Crippen molar-refractivity contribution in [1.82, 2.24) is 0 Å². The van der Waals surface area contributed by atoms with Crippen molar-refractivity contribution in [3.63, 3.8) is 0 Å². The summed E-state index contributed by atoms with van der Waals surface area (Å²) in [7, 11) is 1.93. The molecule has 1 radical (unpaired) electrons. The SMILES string of the molecule is CCCCCCCCCCCCCCCCCCCO[C](CCCCCCCCCCCCCCCCCCC)C(CCCCCCCCCCCCCCCCC)OC. The monoisotopic (exact) mass is 846 g/mol. The molecule has 0 saturated carbocycles. The fourth-order valence-electron chi connectivity index (χ4n) is 9.49. The van der Waals surface area contributed by atoms with Crippen molar-refractivity contribution in [3.05, 3.63) is 6.10 Å². The first-order valence-electron chi connectivity index (χ1n) is 28.8. The summed E-state index contributed by atoms with van der Waals surface area (Å²) in [5.41, 5.74) is 0. The molecule has 0 spiro atoms. The number of hydrogen-bond donors (Lipinski definition) is 0. The highest BCUT2D eigenvalue weighted by molar-refractivity contribution is 4.89. The second-order valence-electron chi connectivity index (χ2n) is 19.8. The van der Waals surface area contributed by atoms with Gasteiger partial charge in [-0.15, -0.1) is 0 Å². The Bertz CT molecular complexity index is 721. The number of ether oxygens (including phenoxy) is 2. The van der Waals surface area contributed by atoms with Gasteiger partial charge in [-0.25, -0.2) is 0 Å². The summed E-state index contributed by atoms with van der Waals surface area (Å²) in [6.07, 6.45) is 73.5. The number of methoxy groups -OCH3 is 1. The van der Waals surface area contributed by atoms with Crippen molar-refractivity contribution in [2.24, 2.45) is 0 Å². The van der Waals surface area contributed by atoms with Gasteiger partial charge in [-0.3, -0.25) is 0 Å². The Hall–Kier alpha value is -0.0800. The van der Waals surface area contributed by atoms with E-state index in [0.29, 0.717) is 0 Å². The summed E-state index contributed by atoms with van der Waals surface area (Å²) in [6, 6.07) is 0. The molecule has 0 bridgehead atoms. The predicted molar refractivity (Wildman–Crippen MR) is 272 cm³/mol. The van der Waals surface area contributed by atoms with Crippen LogP contribution in [0.2, 0.25) is 0 Å². The van der Waals surface area contributed by atoms with Gasteiger partial charge in [-0.05, 0) is 19.3 Å². The van der Waals surface area contributed by atoms with Gasteiger partial charge < -0.3 is 9.47 Å². The van der Waals surface area contributed by atoms with Crippen LogP contribution in [0.4, 0.5) is 0 Å². The molecule has 1 atom stereocenters. The molecule has 0 aliphatic carbocycles. The number of unbranched alkanes of at least 4 members (excludes halogenated alkanes) is 46. The van der Waals surface area contributed by atoms with E-state index in [1.165, 1.54) is 321 Å². The van der Waals surface area contributed by atoms with Crippen LogP contribution in [-0.4, -0.2) is 19.8 Å². The lowest BCUT2D eigenvalue weighted by Gasteiger charge is -2.25. The van der Waals surface area contributed by atoms with E-state index in [2.05, 4.69) is 20.8 Å². The second kappa shape index (κ2) is 55.1. The van der Waals surface area contributed by atoms with Gasteiger partial charge in [0.25, 0.3) is 0 Å². The normalized spacial score (nSPS) is 12.3. The molecular weight excluding hydrogens is 729 g/mol. The molecule has 0 aromatic carbocycles. The maximum atomic E-state index is 6.61. The van der Waals surface area contributed by atoms with Gasteiger partial charge in [0, 0.05) is 13.7 Å². The van der Waals surface area contributed by atoms with Crippen molar-refractivity contribution in [1.29, 1.82) is 0 Å². The largest absolute Gasteiger partial charge is 0.378 e. The fourth-order valence-corrected chi connectivity index (χ4v) is 9.49. The lowest BCUT2D eigenvalue weighted by molar-refractivity contribution is 0.00123. The fraction of sp³-hybridized carbons (Fsp3) is 0.983. The van der Waals surface area contributed by atoms with Crippen LogP contribution in [0.15, 0.2) is 0 Å². The Balaban J connectivity index is 4.18. The highest BCUT2D eigenvalue weighted by Gasteiger charge is 2.22. The molecule has 0 fully saturated rings.